The normalized spacial score (nSPS) is 10.6. The van der Waals surface area contributed by atoms with Crippen molar-refractivity contribution in [2.45, 2.75) is 13.8 Å². The molecule has 0 amide bonds. The Morgan fingerprint density at radius 1 is 0.952 bits per heavy atom. The minimum Gasteiger partial charge on any atom is -0.497 e. The van der Waals surface area contributed by atoms with Crippen LogP contribution in [0.2, 0.25) is 0 Å². The summed E-state index contributed by atoms with van der Waals surface area (Å²) in [5, 5.41) is 1.03. The Morgan fingerprint density at radius 3 is 2.43 bits per heavy atom. The van der Waals surface area contributed by atoms with Crippen molar-refractivity contribution in [1.82, 2.24) is 4.98 Å². The molecule has 0 unspecified atom stereocenters. The maximum Gasteiger partial charge on any atom is 0.124 e. The van der Waals surface area contributed by atoms with Crippen LogP contribution in [-0.4, -0.2) is 12.1 Å². The van der Waals surface area contributed by atoms with E-state index in [-0.39, 0.29) is 0 Å². The minimum atomic E-state index is 0.859. The van der Waals surface area contributed by atoms with Crippen molar-refractivity contribution < 1.29 is 4.74 Å². The number of rotatable bonds is 3. The van der Waals surface area contributed by atoms with Crippen LogP contribution >= 0.6 is 11.3 Å². The molecule has 0 radical (unpaired) electrons. The van der Waals surface area contributed by atoms with Gasteiger partial charge >= 0.3 is 0 Å². The molecule has 2 aromatic carbocycles. The third-order valence-electron chi connectivity index (χ3n) is 3.43. The van der Waals surface area contributed by atoms with E-state index in [0.29, 0.717) is 0 Å². The monoisotopic (exact) mass is 295 g/mol. The lowest BCUT2D eigenvalue weighted by Gasteiger charge is -2.01. The number of aromatic nitrogens is 1. The molecule has 0 aliphatic rings. The van der Waals surface area contributed by atoms with Crippen LogP contribution in [0.5, 0.6) is 5.75 Å². The zero-order chi connectivity index (χ0) is 14.8. The molecular weight excluding hydrogens is 278 g/mol. The van der Waals surface area contributed by atoms with Gasteiger partial charge in [-0.2, -0.15) is 0 Å². The van der Waals surface area contributed by atoms with Gasteiger partial charge in [0.1, 0.15) is 10.8 Å². The fourth-order valence-corrected chi connectivity index (χ4v) is 3.32. The number of benzene rings is 2. The highest BCUT2D eigenvalue weighted by Crippen LogP contribution is 2.36. The van der Waals surface area contributed by atoms with Gasteiger partial charge in [-0.3, -0.25) is 0 Å². The average molecular weight is 295 g/mol. The van der Waals surface area contributed by atoms with Gasteiger partial charge in [-0.1, -0.05) is 42.0 Å². The fraction of sp³-hybridized carbons (Fsp3) is 0.167. The molecule has 0 saturated heterocycles. The highest BCUT2D eigenvalue weighted by Gasteiger charge is 2.11. The van der Waals surface area contributed by atoms with E-state index in [0.717, 1.165) is 22.0 Å². The molecule has 3 heteroatoms. The Hall–Kier alpha value is -2.13. The topological polar surface area (TPSA) is 22.1 Å². The first-order valence-electron chi connectivity index (χ1n) is 6.86. The van der Waals surface area contributed by atoms with Gasteiger partial charge in [-0.15, -0.1) is 11.3 Å². The van der Waals surface area contributed by atoms with Gasteiger partial charge in [-0.25, -0.2) is 4.98 Å². The molecule has 0 aliphatic carbocycles. The summed E-state index contributed by atoms with van der Waals surface area (Å²) >= 11 is 1.72. The van der Waals surface area contributed by atoms with Crippen molar-refractivity contribution >= 4 is 11.3 Å². The van der Waals surface area contributed by atoms with Gasteiger partial charge in [0.2, 0.25) is 0 Å². The fourth-order valence-electron chi connectivity index (χ4n) is 2.25. The lowest BCUT2D eigenvalue weighted by Crippen LogP contribution is -1.83. The third kappa shape index (κ3) is 2.83. The number of hydrogen-bond acceptors (Lipinski definition) is 3. The third-order valence-corrected chi connectivity index (χ3v) is 4.68. The summed E-state index contributed by atoms with van der Waals surface area (Å²) in [4.78, 5) is 5.95. The molecule has 3 aromatic rings. The number of thiazole rings is 1. The maximum absolute atomic E-state index is 5.29. The first-order chi connectivity index (χ1) is 10.2. The van der Waals surface area contributed by atoms with Crippen molar-refractivity contribution in [3.8, 4) is 26.8 Å². The molecular formula is C18H17NOS. The van der Waals surface area contributed by atoms with Gasteiger partial charge in [-0.05, 0) is 31.5 Å². The lowest BCUT2D eigenvalue weighted by atomic mass is 10.1. The number of aryl methyl sites for hydroxylation is 2. The summed E-state index contributed by atoms with van der Waals surface area (Å²) in [6, 6.07) is 16.6. The summed E-state index contributed by atoms with van der Waals surface area (Å²) in [5.74, 6) is 0.859. The zero-order valence-corrected chi connectivity index (χ0v) is 13.2. The summed E-state index contributed by atoms with van der Waals surface area (Å²) < 4.78 is 5.29. The van der Waals surface area contributed by atoms with Crippen molar-refractivity contribution in [2.24, 2.45) is 0 Å². The van der Waals surface area contributed by atoms with Crippen LogP contribution in [0.4, 0.5) is 0 Å². The van der Waals surface area contributed by atoms with E-state index in [1.165, 1.54) is 16.0 Å². The van der Waals surface area contributed by atoms with E-state index >= 15 is 0 Å². The van der Waals surface area contributed by atoms with Crippen molar-refractivity contribution in [3.63, 3.8) is 0 Å². The predicted molar refractivity (Wildman–Crippen MR) is 89.0 cm³/mol. The predicted octanol–water partition coefficient (Wildman–Crippen LogP) is 5.10. The van der Waals surface area contributed by atoms with Gasteiger partial charge in [0.15, 0.2) is 0 Å². The molecule has 2 nitrogen and oxygen atoms in total. The molecule has 0 atom stereocenters. The van der Waals surface area contributed by atoms with Crippen LogP contribution < -0.4 is 4.74 Å². The zero-order valence-electron chi connectivity index (χ0n) is 12.4. The molecule has 106 valence electrons. The molecule has 0 bridgehead atoms. The Morgan fingerprint density at radius 2 is 1.71 bits per heavy atom. The first-order valence-corrected chi connectivity index (χ1v) is 7.68. The molecule has 21 heavy (non-hydrogen) atoms. The Balaban J connectivity index is 2.02. The van der Waals surface area contributed by atoms with Crippen LogP contribution in [0, 0.1) is 13.8 Å². The second kappa shape index (κ2) is 5.70. The maximum atomic E-state index is 5.29. The Kier molecular flexibility index (Phi) is 3.76. The Bertz CT molecular complexity index is 759. The molecule has 3 rings (SSSR count). The van der Waals surface area contributed by atoms with Crippen LogP contribution in [0.3, 0.4) is 0 Å². The summed E-state index contributed by atoms with van der Waals surface area (Å²) in [6.07, 6.45) is 0. The lowest BCUT2D eigenvalue weighted by molar-refractivity contribution is 0.415. The van der Waals surface area contributed by atoms with Gasteiger partial charge in [0, 0.05) is 5.56 Å². The number of ether oxygens (including phenoxy) is 1. The quantitative estimate of drug-likeness (QED) is 0.670. The summed E-state index contributed by atoms with van der Waals surface area (Å²) in [6.45, 7) is 4.17. The molecule has 0 fully saturated rings. The van der Waals surface area contributed by atoms with Crippen LogP contribution in [0.25, 0.3) is 21.0 Å². The largest absolute Gasteiger partial charge is 0.497 e. The first kappa shape index (κ1) is 13.8. The van der Waals surface area contributed by atoms with Gasteiger partial charge in [0.25, 0.3) is 0 Å². The smallest absolute Gasteiger partial charge is 0.124 e. The number of nitrogens with zero attached hydrogens (tertiary/aromatic N) is 1. The molecule has 0 spiro atoms. The minimum absolute atomic E-state index is 0.859. The van der Waals surface area contributed by atoms with Gasteiger partial charge in [0.05, 0.1) is 17.7 Å². The Labute approximate surface area is 129 Å². The number of methoxy groups -OCH3 is 1. The average Bonchev–Trinajstić information content (AvgIpc) is 2.90. The van der Waals surface area contributed by atoms with Crippen molar-refractivity contribution in [3.05, 3.63) is 59.8 Å². The molecule has 1 aromatic heterocycles. The van der Waals surface area contributed by atoms with Gasteiger partial charge < -0.3 is 4.74 Å². The van der Waals surface area contributed by atoms with Crippen LogP contribution in [-0.2, 0) is 0 Å². The van der Waals surface area contributed by atoms with E-state index in [9.17, 15) is 0 Å². The van der Waals surface area contributed by atoms with E-state index in [1.54, 1.807) is 18.4 Å². The highest BCUT2D eigenvalue weighted by atomic mass is 32.1. The molecule has 0 saturated carbocycles. The van der Waals surface area contributed by atoms with Crippen LogP contribution in [0.1, 0.15) is 11.3 Å². The molecule has 1 heterocycles. The van der Waals surface area contributed by atoms with E-state index < -0.39 is 0 Å². The van der Waals surface area contributed by atoms with E-state index in [2.05, 4.69) is 44.2 Å². The molecule has 0 N–H and O–H groups in total. The van der Waals surface area contributed by atoms with E-state index in [4.69, 9.17) is 9.72 Å². The standard InChI is InChI=1S/C18H17NOS/c1-12-7-9-14(10-8-12)17-13(2)19-18(21-17)15-5-4-6-16(11-15)20-3/h4-11H,1-3H3. The summed E-state index contributed by atoms with van der Waals surface area (Å²) in [5.41, 5.74) is 4.67. The SMILES string of the molecule is COc1cccc(-c2nc(C)c(-c3ccc(C)cc3)s2)c1. The summed E-state index contributed by atoms with van der Waals surface area (Å²) in [7, 11) is 1.68. The molecule has 0 aliphatic heterocycles. The highest BCUT2D eigenvalue weighted by molar-refractivity contribution is 7.18. The van der Waals surface area contributed by atoms with Crippen molar-refractivity contribution in [1.29, 1.82) is 0 Å². The van der Waals surface area contributed by atoms with E-state index in [1.807, 2.05) is 18.2 Å². The second-order valence-electron chi connectivity index (χ2n) is 5.03. The number of hydrogen-bond donors (Lipinski definition) is 0. The van der Waals surface area contributed by atoms with Crippen LogP contribution in [0.15, 0.2) is 48.5 Å². The van der Waals surface area contributed by atoms with Crippen molar-refractivity contribution in [2.75, 3.05) is 7.11 Å². The second-order valence-corrected chi connectivity index (χ2v) is 6.03.